The Hall–Kier alpha value is -3.28. The first kappa shape index (κ1) is 18.1. The normalized spacial score (nSPS) is 10.0. The predicted octanol–water partition coefficient (Wildman–Crippen LogP) is 4.20. The topological polar surface area (TPSA) is 52.6 Å². The average Bonchev–Trinajstić information content (AvgIpc) is 2.57. The van der Waals surface area contributed by atoms with E-state index in [-0.39, 0.29) is 29.0 Å². The SMILES string of the molecule is C=CCC(=O)Oc1ccc(-c2ccc(OC(=O)C=C)c(F)c2)c(F)c1. The van der Waals surface area contributed by atoms with Crippen molar-refractivity contribution in [3.05, 3.63) is 73.3 Å². The van der Waals surface area contributed by atoms with Crippen molar-refractivity contribution in [2.75, 3.05) is 0 Å². The monoisotopic (exact) mass is 344 g/mol. The highest BCUT2D eigenvalue weighted by Gasteiger charge is 2.13. The van der Waals surface area contributed by atoms with Crippen molar-refractivity contribution in [2.45, 2.75) is 6.42 Å². The van der Waals surface area contributed by atoms with Gasteiger partial charge in [-0.25, -0.2) is 13.6 Å². The maximum Gasteiger partial charge on any atom is 0.335 e. The molecular weight excluding hydrogens is 330 g/mol. The first-order valence-corrected chi connectivity index (χ1v) is 7.20. The summed E-state index contributed by atoms with van der Waals surface area (Å²) in [4.78, 5) is 22.5. The largest absolute Gasteiger partial charge is 0.426 e. The van der Waals surface area contributed by atoms with Crippen molar-refractivity contribution in [1.82, 2.24) is 0 Å². The van der Waals surface area contributed by atoms with Crippen LogP contribution >= 0.6 is 0 Å². The molecule has 4 nitrogen and oxygen atoms in total. The first-order valence-electron chi connectivity index (χ1n) is 7.20. The van der Waals surface area contributed by atoms with Gasteiger partial charge in [-0.3, -0.25) is 4.79 Å². The smallest absolute Gasteiger partial charge is 0.335 e. The molecule has 2 rings (SSSR count). The molecule has 0 bridgehead atoms. The van der Waals surface area contributed by atoms with Crippen LogP contribution in [0.4, 0.5) is 8.78 Å². The minimum absolute atomic E-state index is 0.000523. The van der Waals surface area contributed by atoms with Crippen LogP contribution in [-0.4, -0.2) is 11.9 Å². The lowest BCUT2D eigenvalue weighted by Gasteiger charge is -2.09. The summed E-state index contributed by atoms with van der Waals surface area (Å²) in [5.74, 6) is -3.15. The lowest BCUT2D eigenvalue weighted by molar-refractivity contribution is -0.133. The van der Waals surface area contributed by atoms with E-state index < -0.39 is 23.6 Å². The second-order valence-corrected chi connectivity index (χ2v) is 4.88. The summed E-state index contributed by atoms with van der Waals surface area (Å²) in [6.07, 6.45) is 2.27. The molecule has 0 aromatic heterocycles. The van der Waals surface area contributed by atoms with E-state index in [4.69, 9.17) is 9.47 Å². The molecular formula is C19H14F2O4. The highest BCUT2D eigenvalue weighted by Crippen LogP contribution is 2.29. The first-order chi connectivity index (χ1) is 11.9. The fraction of sp³-hybridized carbons (Fsp3) is 0.0526. The molecule has 0 radical (unpaired) electrons. The highest BCUT2D eigenvalue weighted by atomic mass is 19.1. The molecule has 25 heavy (non-hydrogen) atoms. The zero-order valence-corrected chi connectivity index (χ0v) is 13.1. The molecule has 2 aromatic carbocycles. The Morgan fingerprint density at radius 2 is 1.76 bits per heavy atom. The number of hydrogen-bond donors (Lipinski definition) is 0. The number of benzene rings is 2. The third kappa shape index (κ3) is 4.60. The number of hydrogen-bond acceptors (Lipinski definition) is 4. The van der Waals surface area contributed by atoms with E-state index in [2.05, 4.69) is 13.2 Å². The summed E-state index contributed by atoms with van der Waals surface area (Å²) in [7, 11) is 0. The van der Waals surface area contributed by atoms with Crippen molar-refractivity contribution in [1.29, 1.82) is 0 Å². The quantitative estimate of drug-likeness (QED) is 0.341. The van der Waals surface area contributed by atoms with Gasteiger partial charge in [0, 0.05) is 17.7 Å². The molecule has 6 heteroatoms. The predicted molar refractivity (Wildman–Crippen MR) is 88.1 cm³/mol. The van der Waals surface area contributed by atoms with E-state index in [9.17, 15) is 18.4 Å². The Labute approximate surface area is 143 Å². The molecule has 2 aromatic rings. The molecule has 0 unspecified atom stereocenters. The van der Waals surface area contributed by atoms with Crippen molar-refractivity contribution >= 4 is 11.9 Å². The second kappa shape index (κ2) is 8.01. The highest BCUT2D eigenvalue weighted by molar-refractivity contribution is 5.83. The van der Waals surface area contributed by atoms with Gasteiger partial charge in [0.1, 0.15) is 11.6 Å². The number of halogens is 2. The molecule has 0 aliphatic heterocycles. The fourth-order valence-corrected chi connectivity index (χ4v) is 1.99. The Kier molecular flexibility index (Phi) is 5.79. The van der Waals surface area contributed by atoms with E-state index in [1.165, 1.54) is 30.3 Å². The van der Waals surface area contributed by atoms with Crippen LogP contribution in [0.25, 0.3) is 11.1 Å². The molecule has 0 aliphatic carbocycles. The van der Waals surface area contributed by atoms with E-state index in [1.807, 2.05) is 0 Å². The molecule has 0 heterocycles. The maximum atomic E-state index is 14.2. The van der Waals surface area contributed by atoms with Crippen LogP contribution in [0.3, 0.4) is 0 Å². The van der Waals surface area contributed by atoms with Gasteiger partial charge in [0.25, 0.3) is 0 Å². The van der Waals surface area contributed by atoms with E-state index in [0.717, 1.165) is 18.2 Å². The summed E-state index contributed by atoms with van der Waals surface area (Å²) in [5.41, 5.74) is 0.335. The van der Waals surface area contributed by atoms with Crippen molar-refractivity contribution in [2.24, 2.45) is 0 Å². The molecule has 0 N–H and O–H groups in total. The zero-order valence-electron chi connectivity index (χ0n) is 13.1. The fourth-order valence-electron chi connectivity index (χ4n) is 1.99. The van der Waals surface area contributed by atoms with E-state index in [1.54, 1.807) is 0 Å². The Morgan fingerprint density at radius 3 is 2.36 bits per heavy atom. The van der Waals surface area contributed by atoms with Crippen LogP contribution in [0, 0.1) is 11.6 Å². The molecule has 0 saturated carbocycles. The molecule has 0 aliphatic rings. The van der Waals surface area contributed by atoms with Crippen LogP contribution in [0.2, 0.25) is 0 Å². The number of carbonyl (C=O) groups is 2. The van der Waals surface area contributed by atoms with Gasteiger partial charge in [-0.1, -0.05) is 18.7 Å². The average molecular weight is 344 g/mol. The van der Waals surface area contributed by atoms with Crippen molar-refractivity contribution < 1.29 is 27.8 Å². The third-order valence-corrected chi connectivity index (χ3v) is 3.10. The molecule has 0 spiro atoms. The van der Waals surface area contributed by atoms with Gasteiger partial charge in [-0.05, 0) is 29.8 Å². The lowest BCUT2D eigenvalue weighted by atomic mass is 10.0. The van der Waals surface area contributed by atoms with Crippen molar-refractivity contribution in [3.8, 4) is 22.6 Å². The number of esters is 2. The standard InChI is InChI=1S/C19H14F2O4/c1-3-5-19(23)24-13-7-8-14(15(20)11-13)12-6-9-17(16(21)10-12)25-18(22)4-2/h3-4,6-11H,1-2,5H2. The van der Waals surface area contributed by atoms with Gasteiger partial charge in [0.2, 0.25) is 0 Å². The molecule has 128 valence electrons. The number of rotatable bonds is 6. The maximum absolute atomic E-state index is 14.2. The summed E-state index contributed by atoms with van der Waals surface area (Å²) in [6.45, 7) is 6.62. The van der Waals surface area contributed by atoms with Crippen LogP contribution in [0.15, 0.2) is 61.7 Å². The zero-order chi connectivity index (χ0) is 18.4. The Bertz CT molecular complexity index is 843. The van der Waals surface area contributed by atoms with Gasteiger partial charge in [-0.2, -0.15) is 0 Å². The molecule has 0 fully saturated rings. The van der Waals surface area contributed by atoms with Gasteiger partial charge in [0.15, 0.2) is 11.6 Å². The third-order valence-electron chi connectivity index (χ3n) is 3.10. The summed E-state index contributed by atoms with van der Waals surface area (Å²) >= 11 is 0. The summed E-state index contributed by atoms with van der Waals surface area (Å²) in [5, 5.41) is 0. The van der Waals surface area contributed by atoms with Gasteiger partial charge in [0.05, 0.1) is 6.42 Å². The van der Waals surface area contributed by atoms with Gasteiger partial charge < -0.3 is 9.47 Å². The number of carbonyl (C=O) groups excluding carboxylic acids is 2. The van der Waals surface area contributed by atoms with Crippen LogP contribution in [0.1, 0.15) is 6.42 Å². The minimum atomic E-state index is -0.825. The van der Waals surface area contributed by atoms with Crippen LogP contribution in [-0.2, 0) is 9.59 Å². The summed E-state index contributed by atoms with van der Waals surface area (Å²) in [6, 6.07) is 7.42. The minimum Gasteiger partial charge on any atom is -0.426 e. The Balaban J connectivity index is 2.25. The van der Waals surface area contributed by atoms with Gasteiger partial charge in [-0.15, -0.1) is 6.58 Å². The molecule has 0 amide bonds. The molecule has 0 atom stereocenters. The molecule has 0 saturated heterocycles. The second-order valence-electron chi connectivity index (χ2n) is 4.88. The lowest BCUT2D eigenvalue weighted by Crippen LogP contribution is -2.06. The van der Waals surface area contributed by atoms with Crippen LogP contribution < -0.4 is 9.47 Å². The van der Waals surface area contributed by atoms with E-state index in [0.29, 0.717) is 0 Å². The van der Waals surface area contributed by atoms with Crippen molar-refractivity contribution in [3.63, 3.8) is 0 Å². The Morgan fingerprint density at radius 1 is 1.00 bits per heavy atom. The van der Waals surface area contributed by atoms with E-state index >= 15 is 0 Å². The summed E-state index contributed by atoms with van der Waals surface area (Å²) < 4.78 is 37.9. The number of ether oxygens (including phenoxy) is 2. The van der Waals surface area contributed by atoms with Crippen LogP contribution in [0.5, 0.6) is 11.5 Å². The van der Waals surface area contributed by atoms with Gasteiger partial charge >= 0.3 is 11.9 Å².